The zero-order valence-corrected chi connectivity index (χ0v) is 14.3. The summed E-state index contributed by atoms with van der Waals surface area (Å²) in [6.45, 7) is 9.89. The monoisotopic (exact) mass is 317 g/mol. The lowest BCUT2D eigenvalue weighted by atomic mass is 10.2. The van der Waals surface area contributed by atoms with Crippen molar-refractivity contribution in [3.63, 3.8) is 0 Å². The van der Waals surface area contributed by atoms with E-state index in [4.69, 9.17) is 4.74 Å². The molecule has 0 amide bonds. The SMILES string of the molecule is Cc1nn(C)c(C)c1S(=O)(=O)N[C@@H](C)C(=O)OC(C)(C)C. The molecular weight excluding hydrogens is 294 g/mol. The standard InChI is InChI=1S/C13H23N3O4S/c1-8-11(10(3)16(7)14-8)21(18,19)15-9(2)12(17)20-13(4,5)6/h9,15H,1-7H3/t9-/m0/s1. The highest BCUT2D eigenvalue weighted by Crippen LogP contribution is 2.19. The summed E-state index contributed by atoms with van der Waals surface area (Å²) >= 11 is 0. The van der Waals surface area contributed by atoms with Crippen molar-refractivity contribution in [1.29, 1.82) is 0 Å². The number of aryl methyl sites for hydroxylation is 2. The summed E-state index contributed by atoms with van der Waals surface area (Å²) in [6.07, 6.45) is 0. The van der Waals surface area contributed by atoms with Gasteiger partial charge in [0.05, 0.1) is 11.4 Å². The molecular formula is C13H23N3O4S. The van der Waals surface area contributed by atoms with E-state index in [0.717, 1.165) is 0 Å². The quantitative estimate of drug-likeness (QED) is 0.838. The molecule has 0 aliphatic carbocycles. The van der Waals surface area contributed by atoms with Gasteiger partial charge < -0.3 is 4.74 Å². The minimum absolute atomic E-state index is 0.0976. The smallest absolute Gasteiger partial charge is 0.324 e. The zero-order valence-electron chi connectivity index (χ0n) is 13.5. The van der Waals surface area contributed by atoms with Crippen molar-refractivity contribution >= 4 is 16.0 Å². The van der Waals surface area contributed by atoms with Crippen LogP contribution in [0.3, 0.4) is 0 Å². The first kappa shape index (κ1) is 17.6. The van der Waals surface area contributed by atoms with Gasteiger partial charge in [0.2, 0.25) is 10.0 Å². The van der Waals surface area contributed by atoms with Crippen molar-refractivity contribution in [2.75, 3.05) is 0 Å². The lowest BCUT2D eigenvalue weighted by Gasteiger charge is -2.22. The van der Waals surface area contributed by atoms with Gasteiger partial charge in [0.15, 0.2) is 0 Å². The summed E-state index contributed by atoms with van der Waals surface area (Å²) in [5.41, 5.74) is 0.229. The summed E-state index contributed by atoms with van der Waals surface area (Å²) in [5, 5.41) is 4.07. The van der Waals surface area contributed by atoms with Crippen LogP contribution < -0.4 is 4.72 Å². The maximum atomic E-state index is 12.4. The molecule has 1 aromatic heterocycles. The molecule has 1 rings (SSSR count). The fourth-order valence-electron chi connectivity index (χ4n) is 1.87. The van der Waals surface area contributed by atoms with Crippen LogP contribution in [0.2, 0.25) is 0 Å². The Labute approximate surface area is 125 Å². The molecule has 21 heavy (non-hydrogen) atoms. The van der Waals surface area contributed by atoms with Crippen LogP contribution in [0.5, 0.6) is 0 Å². The van der Waals surface area contributed by atoms with Crippen LogP contribution in [0.1, 0.15) is 39.1 Å². The van der Waals surface area contributed by atoms with Gasteiger partial charge in [-0.3, -0.25) is 9.48 Å². The largest absolute Gasteiger partial charge is 0.459 e. The maximum absolute atomic E-state index is 12.4. The van der Waals surface area contributed by atoms with Gasteiger partial charge >= 0.3 is 5.97 Å². The van der Waals surface area contributed by atoms with E-state index in [1.54, 1.807) is 41.7 Å². The molecule has 1 N–H and O–H groups in total. The van der Waals surface area contributed by atoms with E-state index >= 15 is 0 Å². The van der Waals surface area contributed by atoms with E-state index in [0.29, 0.717) is 11.4 Å². The molecule has 0 aliphatic heterocycles. The van der Waals surface area contributed by atoms with Gasteiger partial charge in [-0.15, -0.1) is 0 Å². The fraction of sp³-hybridized carbons (Fsp3) is 0.692. The molecule has 0 radical (unpaired) electrons. The van der Waals surface area contributed by atoms with Gasteiger partial charge in [-0.05, 0) is 41.5 Å². The lowest BCUT2D eigenvalue weighted by Crippen LogP contribution is -2.42. The number of sulfonamides is 1. The third kappa shape index (κ3) is 4.28. The molecule has 0 aromatic carbocycles. The van der Waals surface area contributed by atoms with E-state index in [-0.39, 0.29) is 4.90 Å². The average Bonchev–Trinajstić information content (AvgIpc) is 2.49. The third-order valence-corrected chi connectivity index (χ3v) is 4.60. The van der Waals surface area contributed by atoms with Crippen molar-refractivity contribution in [2.24, 2.45) is 7.05 Å². The number of rotatable bonds is 4. The summed E-state index contributed by atoms with van der Waals surface area (Å²) in [5.74, 6) is -0.620. The first-order chi connectivity index (χ1) is 9.35. The second-order valence-corrected chi connectivity index (χ2v) is 7.65. The van der Waals surface area contributed by atoms with Crippen molar-refractivity contribution in [3.8, 4) is 0 Å². The van der Waals surface area contributed by atoms with Crippen molar-refractivity contribution < 1.29 is 17.9 Å². The number of hydrogen-bond donors (Lipinski definition) is 1. The Morgan fingerprint density at radius 3 is 2.24 bits per heavy atom. The molecule has 1 atom stereocenters. The Bertz CT molecular complexity index is 641. The predicted molar refractivity (Wildman–Crippen MR) is 78.3 cm³/mol. The van der Waals surface area contributed by atoms with E-state index in [2.05, 4.69) is 9.82 Å². The Hall–Kier alpha value is -1.41. The number of esters is 1. The molecule has 7 nitrogen and oxygen atoms in total. The third-order valence-electron chi connectivity index (χ3n) is 2.80. The molecule has 0 fully saturated rings. The molecule has 0 aliphatic rings. The zero-order chi connectivity index (χ0) is 16.6. The number of ether oxygens (including phenoxy) is 1. The Morgan fingerprint density at radius 2 is 1.86 bits per heavy atom. The highest BCUT2D eigenvalue weighted by molar-refractivity contribution is 7.89. The van der Waals surface area contributed by atoms with Crippen molar-refractivity contribution in [2.45, 2.75) is 58.1 Å². The normalized spacial score (nSPS) is 14.0. The van der Waals surface area contributed by atoms with Gasteiger partial charge in [0.25, 0.3) is 0 Å². The van der Waals surface area contributed by atoms with Crippen LogP contribution >= 0.6 is 0 Å². The lowest BCUT2D eigenvalue weighted by molar-refractivity contribution is -0.156. The van der Waals surface area contributed by atoms with Crippen LogP contribution in [0.4, 0.5) is 0 Å². The Balaban J connectivity index is 2.98. The van der Waals surface area contributed by atoms with E-state index in [9.17, 15) is 13.2 Å². The van der Waals surface area contributed by atoms with Crippen molar-refractivity contribution in [3.05, 3.63) is 11.4 Å². The van der Waals surface area contributed by atoms with Crippen LogP contribution in [0, 0.1) is 13.8 Å². The van der Waals surface area contributed by atoms with E-state index in [1.807, 2.05) is 0 Å². The first-order valence-corrected chi connectivity index (χ1v) is 8.09. The number of nitrogens with zero attached hydrogens (tertiary/aromatic N) is 2. The van der Waals surface area contributed by atoms with E-state index in [1.165, 1.54) is 11.6 Å². The second-order valence-electron chi connectivity index (χ2n) is 6.00. The molecule has 0 spiro atoms. The van der Waals surface area contributed by atoms with Crippen molar-refractivity contribution in [1.82, 2.24) is 14.5 Å². The van der Waals surface area contributed by atoms with Crippen LogP contribution in [-0.4, -0.2) is 35.8 Å². The molecule has 0 saturated heterocycles. The molecule has 1 aromatic rings. The van der Waals surface area contributed by atoms with Gasteiger partial charge in [0, 0.05) is 7.05 Å². The summed E-state index contributed by atoms with van der Waals surface area (Å²) in [4.78, 5) is 12.0. The van der Waals surface area contributed by atoms with Gasteiger partial charge in [-0.1, -0.05) is 0 Å². The van der Waals surface area contributed by atoms with Gasteiger partial charge in [0.1, 0.15) is 16.5 Å². The number of hydrogen-bond acceptors (Lipinski definition) is 5. The molecule has 0 unspecified atom stereocenters. The molecule has 8 heteroatoms. The van der Waals surface area contributed by atoms with E-state index < -0.39 is 27.6 Å². The first-order valence-electron chi connectivity index (χ1n) is 6.60. The topological polar surface area (TPSA) is 90.3 Å². The van der Waals surface area contributed by atoms with Gasteiger partial charge in [-0.25, -0.2) is 8.42 Å². The predicted octanol–water partition coefficient (Wildman–Crippen LogP) is 1.05. The number of carbonyl (C=O) groups excluding carboxylic acids is 1. The minimum Gasteiger partial charge on any atom is -0.459 e. The average molecular weight is 317 g/mol. The number of aromatic nitrogens is 2. The van der Waals surface area contributed by atoms with Gasteiger partial charge in [-0.2, -0.15) is 9.82 Å². The summed E-state index contributed by atoms with van der Waals surface area (Å²) in [7, 11) is -2.17. The minimum atomic E-state index is -3.83. The van der Waals surface area contributed by atoms with Crippen LogP contribution in [0.15, 0.2) is 4.90 Å². The number of carbonyl (C=O) groups is 1. The summed E-state index contributed by atoms with van der Waals surface area (Å²) < 4.78 is 33.8. The molecule has 120 valence electrons. The summed E-state index contributed by atoms with van der Waals surface area (Å²) in [6, 6.07) is -0.978. The maximum Gasteiger partial charge on any atom is 0.324 e. The van der Waals surface area contributed by atoms with Crippen LogP contribution in [0.25, 0.3) is 0 Å². The highest BCUT2D eigenvalue weighted by Gasteiger charge is 2.29. The fourth-order valence-corrected chi connectivity index (χ4v) is 3.50. The number of nitrogens with one attached hydrogen (secondary N) is 1. The highest BCUT2D eigenvalue weighted by atomic mass is 32.2. The molecule has 0 saturated carbocycles. The second kappa shape index (κ2) is 5.76. The Morgan fingerprint density at radius 1 is 1.33 bits per heavy atom. The molecule has 1 heterocycles. The molecule has 0 bridgehead atoms. The Kier molecular flexibility index (Phi) is 4.84. The van der Waals surface area contributed by atoms with Crippen LogP contribution in [-0.2, 0) is 26.6 Å².